The Kier molecular flexibility index (Phi) is 6.31. The third kappa shape index (κ3) is 5.53. The molecule has 1 aliphatic heterocycles. The van der Waals surface area contributed by atoms with Gasteiger partial charge in [0.1, 0.15) is 5.82 Å². The van der Waals surface area contributed by atoms with Crippen molar-refractivity contribution in [3.05, 3.63) is 66.0 Å². The van der Waals surface area contributed by atoms with Crippen LogP contribution in [0.15, 0.2) is 54.6 Å². The molecule has 1 heterocycles. The molecular weight excluding hydrogens is 381 g/mol. The number of nitrogens with one attached hydrogen (secondary N) is 1. The normalized spacial score (nSPS) is 16.1. The van der Waals surface area contributed by atoms with Crippen molar-refractivity contribution < 1.29 is 17.6 Å². The van der Waals surface area contributed by atoms with Crippen molar-refractivity contribution in [2.24, 2.45) is 0 Å². The van der Waals surface area contributed by atoms with Crippen LogP contribution in [0.4, 0.5) is 10.1 Å². The Balaban J connectivity index is 1.64. The summed E-state index contributed by atoms with van der Waals surface area (Å²) in [7, 11) is -3.53. The van der Waals surface area contributed by atoms with Gasteiger partial charge in [0, 0.05) is 38.3 Å². The summed E-state index contributed by atoms with van der Waals surface area (Å²) in [6.07, 6.45) is 1.04. The molecule has 0 radical (unpaired) electrons. The van der Waals surface area contributed by atoms with Crippen LogP contribution in [0.2, 0.25) is 0 Å². The molecule has 150 valence electrons. The van der Waals surface area contributed by atoms with Crippen molar-refractivity contribution >= 4 is 21.6 Å². The van der Waals surface area contributed by atoms with Crippen LogP contribution in [0.25, 0.3) is 0 Å². The van der Waals surface area contributed by atoms with Crippen LogP contribution in [0.1, 0.15) is 18.0 Å². The molecule has 0 aliphatic carbocycles. The highest BCUT2D eigenvalue weighted by Crippen LogP contribution is 2.21. The highest BCUT2D eigenvalue weighted by atomic mass is 32.2. The van der Waals surface area contributed by atoms with Crippen molar-refractivity contribution in [3.63, 3.8) is 0 Å². The van der Waals surface area contributed by atoms with Crippen LogP contribution in [-0.2, 0) is 14.8 Å². The number of hydrogen-bond donors (Lipinski definition) is 1. The van der Waals surface area contributed by atoms with Crippen LogP contribution >= 0.6 is 0 Å². The van der Waals surface area contributed by atoms with Crippen LogP contribution in [-0.4, -0.2) is 51.7 Å². The van der Waals surface area contributed by atoms with E-state index in [1.54, 1.807) is 4.90 Å². The van der Waals surface area contributed by atoms with Gasteiger partial charge in [0.2, 0.25) is 15.9 Å². The maximum absolute atomic E-state index is 13.2. The number of halogens is 1. The number of anilines is 1. The first kappa shape index (κ1) is 20.3. The number of carbonyl (C=O) groups excluding carboxylic acids is 1. The molecule has 1 amide bonds. The number of para-hydroxylation sites is 1. The molecule has 8 heteroatoms. The van der Waals surface area contributed by atoms with E-state index >= 15 is 0 Å². The van der Waals surface area contributed by atoms with Gasteiger partial charge in [0.05, 0.1) is 12.3 Å². The fourth-order valence-corrected chi connectivity index (χ4v) is 4.07. The zero-order valence-electron chi connectivity index (χ0n) is 15.7. The van der Waals surface area contributed by atoms with Gasteiger partial charge >= 0.3 is 0 Å². The van der Waals surface area contributed by atoms with E-state index < -0.39 is 21.9 Å². The molecule has 1 saturated heterocycles. The van der Waals surface area contributed by atoms with Crippen molar-refractivity contribution in [1.29, 1.82) is 0 Å². The lowest BCUT2D eigenvalue weighted by Crippen LogP contribution is -2.49. The van der Waals surface area contributed by atoms with Crippen molar-refractivity contribution in [2.75, 3.05) is 37.3 Å². The molecule has 0 unspecified atom stereocenters. The van der Waals surface area contributed by atoms with Crippen molar-refractivity contribution in [2.45, 2.75) is 12.5 Å². The SMILES string of the molecule is CS(=O)(=O)N[C@@H](CC(=O)N1CCN(c2ccccc2)CC1)c1ccc(F)cc1. The minimum Gasteiger partial charge on any atom is -0.368 e. The Morgan fingerprint density at radius 3 is 2.21 bits per heavy atom. The number of piperazine rings is 1. The summed E-state index contributed by atoms with van der Waals surface area (Å²) in [6, 6.07) is 14.8. The van der Waals surface area contributed by atoms with Crippen molar-refractivity contribution in [1.82, 2.24) is 9.62 Å². The summed E-state index contributed by atoms with van der Waals surface area (Å²) in [5.74, 6) is -0.539. The molecule has 2 aromatic rings. The van der Waals surface area contributed by atoms with Gasteiger partial charge in [-0.25, -0.2) is 17.5 Å². The zero-order valence-corrected chi connectivity index (χ0v) is 16.5. The van der Waals surface area contributed by atoms with Crippen LogP contribution in [0.5, 0.6) is 0 Å². The van der Waals surface area contributed by atoms with Gasteiger partial charge in [-0.15, -0.1) is 0 Å². The van der Waals surface area contributed by atoms with Crippen LogP contribution < -0.4 is 9.62 Å². The molecule has 28 heavy (non-hydrogen) atoms. The quantitative estimate of drug-likeness (QED) is 0.800. The monoisotopic (exact) mass is 405 g/mol. The van der Waals surface area contributed by atoms with Gasteiger partial charge in [-0.1, -0.05) is 30.3 Å². The predicted molar refractivity (Wildman–Crippen MR) is 107 cm³/mol. The van der Waals surface area contributed by atoms with Gasteiger partial charge in [0.15, 0.2) is 0 Å². The summed E-state index contributed by atoms with van der Waals surface area (Å²) in [5, 5.41) is 0. The van der Waals surface area contributed by atoms with E-state index in [0.717, 1.165) is 25.0 Å². The maximum Gasteiger partial charge on any atom is 0.224 e. The lowest BCUT2D eigenvalue weighted by molar-refractivity contribution is -0.132. The Bertz CT molecular complexity index is 896. The minimum absolute atomic E-state index is 0.00988. The summed E-state index contributed by atoms with van der Waals surface area (Å²) in [6.45, 7) is 2.58. The van der Waals surface area contributed by atoms with Gasteiger partial charge in [-0.2, -0.15) is 0 Å². The largest absolute Gasteiger partial charge is 0.368 e. The molecule has 0 aromatic heterocycles. The molecule has 1 N–H and O–H groups in total. The smallest absolute Gasteiger partial charge is 0.224 e. The summed E-state index contributed by atoms with van der Waals surface area (Å²) < 4.78 is 39.1. The average molecular weight is 405 g/mol. The average Bonchev–Trinajstić information content (AvgIpc) is 2.68. The number of rotatable bonds is 6. The van der Waals surface area contributed by atoms with Crippen LogP contribution in [0.3, 0.4) is 0 Å². The van der Waals surface area contributed by atoms with Gasteiger partial charge in [0.25, 0.3) is 0 Å². The molecule has 0 saturated carbocycles. The molecule has 1 atom stereocenters. The van der Waals surface area contributed by atoms with E-state index in [1.807, 2.05) is 30.3 Å². The predicted octanol–water partition coefficient (Wildman–Crippen LogP) is 2.15. The van der Waals surface area contributed by atoms with E-state index in [-0.39, 0.29) is 12.3 Å². The molecule has 1 fully saturated rings. The second-order valence-electron chi connectivity index (χ2n) is 6.90. The van der Waals surface area contributed by atoms with E-state index in [0.29, 0.717) is 18.7 Å². The first-order chi connectivity index (χ1) is 13.3. The molecule has 2 aromatic carbocycles. The van der Waals surface area contributed by atoms with E-state index in [2.05, 4.69) is 9.62 Å². The molecule has 0 bridgehead atoms. The molecule has 1 aliphatic rings. The van der Waals surface area contributed by atoms with Gasteiger partial charge < -0.3 is 9.80 Å². The fraction of sp³-hybridized carbons (Fsp3) is 0.350. The number of carbonyl (C=O) groups is 1. The number of benzene rings is 2. The Morgan fingerprint density at radius 2 is 1.64 bits per heavy atom. The van der Waals surface area contributed by atoms with Crippen molar-refractivity contribution in [3.8, 4) is 0 Å². The molecular formula is C20H24FN3O3S. The number of sulfonamides is 1. The highest BCUT2D eigenvalue weighted by Gasteiger charge is 2.26. The first-order valence-corrected chi connectivity index (χ1v) is 11.0. The van der Waals surface area contributed by atoms with E-state index in [9.17, 15) is 17.6 Å². The zero-order chi connectivity index (χ0) is 20.1. The second kappa shape index (κ2) is 8.70. The van der Waals surface area contributed by atoms with Gasteiger partial charge in [-0.05, 0) is 29.8 Å². The summed E-state index contributed by atoms with van der Waals surface area (Å²) in [5.41, 5.74) is 1.68. The Hall–Kier alpha value is -2.45. The minimum atomic E-state index is -3.53. The number of hydrogen-bond acceptors (Lipinski definition) is 4. The Morgan fingerprint density at radius 1 is 1.04 bits per heavy atom. The molecule has 3 rings (SSSR count). The highest BCUT2D eigenvalue weighted by molar-refractivity contribution is 7.88. The van der Waals surface area contributed by atoms with E-state index in [4.69, 9.17) is 0 Å². The topological polar surface area (TPSA) is 69.7 Å². The number of amides is 1. The standard InChI is InChI=1S/C20H24FN3O3S/c1-28(26,27)22-19(16-7-9-17(21)10-8-16)15-20(25)24-13-11-23(12-14-24)18-5-3-2-4-6-18/h2-10,19,22H,11-15H2,1H3/t19-/m0/s1. The Labute approximate surface area is 165 Å². The summed E-state index contributed by atoms with van der Waals surface area (Å²) >= 11 is 0. The van der Waals surface area contributed by atoms with Crippen LogP contribution in [0, 0.1) is 5.82 Å². The van der Waals surface area contributed by atoms with E-state index in [1.165, 1.54) is 24.3 Å². The number of nitrogens with zero attached hydrogens (tertiary/aromatic N) is 2. The lowest BCUT2D eigenvalue weighted by Gasteiger charge is -2.36. The molecule has 0 spiro atoms. The van der Waals surface area contributed by atoms with Gasteiger partial charge in [-0.3, -0.25) is 4.79 Å². The maximum atomic E-state index is 13.2. The fourth-order valence-electron chi connectivity index (χ4n) is 3.34. The third-order valence-corrected chi connectivity index (χ3v) is 5.47. The second-order valence-corrected chi connectivity index (χ2v) is 8.68. The third-order valence-electron chi connectivity index (χ3n) is 4.76. The summed E-state index contributed by atoms with van der Waals surface area (Å²) in [4.78, 5) is 16.7. The first-order valence-electron chi connectivity index (χ1n) is 9.12. The molecule has 6 nitrogen and oxygen atoms in total. The lowest BCUT2D eigenvalue weighted by atomic mass is 10.0.